The van der Waals surface area contributed by atoms with Gasteiger partial charge in [0.2, 0.25) is 10.0 Å². The Morgan fingerprint density at radius 2 is 1.71 bits per heavy atom. The normalized spacial score (nSPS) is 12.6. The fourth-order valence-electron chi connectivity index (χ4n) is 2.61. The van der Waals surface area contributed by atoms with E-state index in [2.05, 4.69) is 5.32 Å². The average molecular weight is 425 g/mol. The number of carbonyl (C=O) groups excluding carboxylic acids is 1. The predicted molar refractivity (Wildman–Crippen MR) is 110 cm³/mol. The van der Waals surface area contributed by atoms with E-state index in [9.17, 15) is 13.2 Å². The molecule has 8 heteroatoms. The minimum Gasteiger partial charge on any atom is -0.479 e. The monoisotopic (exact) mass is 424 g/mol. The highest BCUT2D eigenvalue weighted by molar-refractivity contribution is 7.89. The summed E-state index contributed by atoms with van der Waals surface area (Å²) >= 11 is 6.03. The third kappa shape index (κ3) is 5.47. The summed E-state index contributed by atoms with van der Waals surface area (Å²) in [5.74, 6) is 0.150. The van der Waals surface area contributed by atoms with Crippen LogP contribution in [0, 0.1) is 0 Å². The van der Waals surface area contributed by atoms with Crippen molar-refractivity contribution in [1.82, 2.24) is 9.62 Å². The van der Waals surface area contributed by atoms with E-state index in [0.29, 0.717) is 23.9 Å². The maximum Gasteiger partial charge on any atom is 0.261 e. The van der Waals surface area contributed by atoms with Gasteiger partial charge < -0.3 is 10.1 Å². The molecule has 2 rings (SSSR count). The molecule has 0 aliphatic rings. The van der Waals surface area contributed by atoms with Crippen molar-refractivity contribution in [1.29, 1.82) is 0 Å². The molecule has 2 aromatic rings. The van der Waals surface area contributed by atoms with Gasteiger partial charge in [-0.3, -0.25) is 4.79 Å². The van der Waals surface area contributed by atoms with Crippen molar-refractivity contribution in [2.45, 2.75) is 38.3 Å². The summed E-state index contributed by atoms with van der Waals surface area (Å²) in [6, 6.07) is 13.4. The molecule has 0 aromatic heterocycles. The summed E-state index contributed by atoms with van der Waals surface area (Å²) in [5.41, 5.74) is 0.789. The van der Waals surface area contributed by atoms with Gasteiger partial charge in [0.25, 0.3) is 5.91 Å². The predicted octanol–water partition coefficient (Wildman–Crippen LogP) is 3.45. The number of sulfonamides is 1. The number of ether oxygens (including phenoxy) is 1. The second-order valence-electron chi connectivity index (χ2n) is 6.14. The number of rotatable bonds is 9. The highest BCUT2D eigenvalue weighted by atomic mass is 35.5. The lowest BCUT2D eigenvalue weighted by atomic mass is 10.2. The van der Waals surface area contributed by atoms with Gasteiger partial charge in [-0.05, 0) is 36.8 Å². The average Bonchev–Trinajstić information content (AvgIpc) is 2.68. The molecule has 28 heavy (non-hydrogen) atoms. The number of hydrogen-bond acceptors (Lipinski definition) is 4. The van der Waals surface area contributed by atoms with E-state index >= 15 is 0 Å². The molecule has 0 radical (unpaired) electrons. The minimum absolute atomic E-state index is 0.238. The standard InChI is InChI=1S/C20H25ClN2O4S/c1-4-23(5-2)28(25,26)17-12-10-16(11-13-17)14-22-20(24)15(3)27-19-9-7-6-8-18(19)21/h6-13,15H,4-5,14H2,1-3H3,(H,22,24). The summed E-state index contributed by atoms with van der Waals surface area (Å²) < 4.78 is 32.0. The van der Waals surface area contributed by atoms with Gasteiger partial charge in [-0.15, -0.1) is 0 Å². The molecule has 0 saturated heterocycles. The number of benzene rings is 2. The number of hydrogen-bond donors (Lipinski definition) is 1. The lowest BCUT2D eigenvalue weighted by Gasteiger charge is -2.18. The summed E-state index contributed by atoms with van der Waals surface area (Å²) in [6.45, 7) is 6.34. The van der Waals surface area contributed by atoms with E-state index in [1.54, 1.807) is 69.3 Å². The van der Waals surface area contributed by atoms with Crippen LogP contribution in [0.3, 0.4) is 0 Å². The molecular formula is C20H25ClN2O4S. The maximum atomic E-state index is 12.5. The van der Waals surface area contributed by atoms with Crippen LogP contribution in [0.15, 0.2) is 53.4 Å². The van der Waals surface area contributed by atoms with Crippen molar-refractivity contribution in [3.63, 3.8) is 0 Å². The molecule has 1 atom stereocenters. The number of amides is 1. The molecule has 0 fully saturated rings. The Morgan fingerprint density at radius 1 is 1.11 bits per heavy atom. The maximum absolute atomic E-state index is 12.5. The second-order valence-corrected chi connectivity index (χ2v) is 8.49. The summed E-state index contributed by atoms with van der Waals surface area (Å²) in [7, 11) is -3.49. The van der Waals surface area contributed by atoms with Crippen molar-refractivity contribution >= 4 is 27.5 Å². The molecule has 0 aliphatic carbocycles. The van der Waals surface area contributed by atoms with Crippen LogP contribution in [-0.4, -0.2) is 37.8 Å². The van der Waals surface area contributed by atoms with Crippen LogP contribution < -0.4 is 10.1 Å². The van der Waals surface area contributed by atoms with Crippen LogP contribution in [0.5, 0.6) is 5.75 Å². The second kappa shape index (κ2) is 9.91. The fraction of sp³-hybridized carbons (Fsp3) is 0.350. The minimum atomic E-state index is -3.49. The molecule has 0 aliphatic heterocycles. The Labute approximate surface area is 171 Å². The largest absolute Gasteiger partial charge is 0.479 e. The Hall–Kier alpha value is -2.09. The van der Waals surface area contributed by atoms with Crippen LogP contribution in [0.4, 0.5) is 0 Å². The van der Waals surface area contributed by atoms with Crippen LogP contribution in [0.2, 0.25) is 5.02 Å². The van der Waals surface area contributed by atoms with Gasteiger partial charge in [0.05, 0.1) is 9.92 Å². The van der Waals surface area contributed by atoms with E-state index in [4.69, 9.17) is 16.3 Å². The van der Waals surface area contributed by atoms with Crippen molar-refractivity contribution in [2.24, 2.45) is 0 Å². The molecular weight excluding hydrogens is 400 g/mol. The van der Waals surface area contributed by atoms with Gasteiger partial charge in [0.15, 0.2) is 6.10 Å². The first-order valence-corrected chi connectivity index (χ1v) is 10.9. The molecule has 2 aromatic carbocycles. The van der Waals surface area contributed by atoms with Gasteiger partial charge in [-0.1, -0.05) is 49.7 Å². The smallest absolute Gasteiger partial charge is 0.261 e. The van der Waals surface area contributed by atoms with Crippen molar-refractivity contribution in [3.05, 3.63) is 59.1 Å². The van der Waals surface area contributed by atoms with Crippen LogP contribution >= 0.6 is 11.6 Å². The summed E-state index contributed by atoms with van der Waals surface area (Å²) in [5, 5.41) is 3.21. The van der Waals surface area contributed by atoms with E-state index in [-0.39, 0.29) is 17.3 Å². The number of nitrogens with one attached hydrogen (secondary N) is 1. The molecule has 0 saturated carbocycles. The summed E-state index contributed by atoms with van der Waals surface area (Å²) in [4.78, 5) is 12.5. The van der Waals surface area contributed by atoms with Crippen molar-refractivity contribution < 1.29 is 17.9 Å². The molecule has 1 unspecified atom stereocenters. The third-order valence-corrected chi connectivity index (χ3v) is 6.62. The lowest BCUT2D eigenvalue weighted by Crippen LogP contribution is -2.36. The quantitative estimate of drug-likeness (QED) is 0.668. The molecule has 0 spiro atoms. The van der Waals surface area contributed by atoms with E-state index < -0.39 is 16.1 Å². The first-order chi connectivity index (χ1) is 13.3. The Kier molecular flexibility index (Phi) is 7.86. The van der Waals surface area contributed by atoms with Crippen molar-refractivity contribution in [3.8, 4) is 5.75 Å². The van der Waals surface area contributed by atoms with Crippen LogP contribution in [-0.2, 0) is 21.4 Å². The molecule has 6 nitrogen and oxygen atoms in total. The molecule has 0 heterocycles. The zero-order chi connectivity index (χ0) is 20.7. The van der Waals surface area contributed by atoms with Gasteiger partial charge in [-0.25, -0.2) is 8.42 Å². The number of halogens is 1. The van der Waals surface area contributed by atoms with Crippen molar-refractivity contribution in [2.75, 3.05) is 13.1 Å². The van der Waals surface area contributed by atoms with Gasteiger partial charge in [0, 0.05) is 19.6 Å². The highest BCUT2D eigenvalue weighted by Gasteiger charge is 2.21. The molecule has 1 amide bonds. The topological polar surface area (TPSA) is 75.7 Å². The zero-order valence-corrected chi connectivity index (χ0v) is 17.8. The SMILES string of the molecule is CCN(CC)S(=O)(=O)c1ccc(CNC(=O)C(C)Oc2ccccc2Cl)cc1. The Morgan fingerprint density at radius 3 is 2.29 bits per heavy atom. The first kappa shape index (κ1) is 22.2. The fourth-order valence-corrected chi connectivity index (χ4v) is 4.25. The zero-order valence-electron chi connectivity index (χ0n) is 16.2. The van der Waals surface area contributed by atoms with E-state index in [1.807, 2.05) is 0 Å². The number of nitrogens with zero attached hydrogens (tertiary/aromatic N) is 1. The van der Waals surface area contributed by atoms with Crippen LogP contribution in [0.25, 0.3) is 0 Å². The number of para-hydroxylation sites is 1. The first-order valence-electron chi connectivity index (χ1n) is 9.07. The van der Waals surface area contributed by atoms with Gasteiger partial charge in [0.1, 0.15) is 5.75 Å². The molecule has 1 N–H and O–H groups in total. The molecule has 0 bridgehead atoms. The van der Waals surface area contributed by atoms with Gasteiger partial charge >= 0.3 is 0 Å². The van der Waals surface area contributed by atoms with E-state index in [0.717, 1.165) is 5.56 Å². The summed E-state index contributed by atoms with van der Waals surface area (Å²) in [6.07, 6.45) is -0.720. The number of carbonyl (C=O) groups is 1. The lowest BCUT2D eigenvalue weighted by molar-refractivity contribution is -0.127. The Balaban J connectivity index is 1.95. The van der Waals surface area contributed by atoms with Gasteiger partial charge in [-0.2, -0.15) is 4.31 Å². The van der Waals surface area contributed by atoms with Crippen LogP contribution in [0.1, 0.15) is 26.3 Å². The third-order valence-electron chi connectivity index (χ3n) is 4.24. The molecule has 152 valence electrons. The van der Waals surface area contributed by atoms with E-state index in [1.165, 1.54) is 4.31 Å². The Bertz CT molecular complexity index is 897. The highest BCUT2D eigenvalue weighted by Crippen LogP contribution is 2.24.